The van der Waals surface area contributed by atoms with Crippen molar-refractivity contribution < 1.29 is 0 Å². The van der Waals surface area contributed by atoms with Crippen molar-refractivity contribution in [3.8, 4) is 0 Å². The molecule has 0 radical (unpaired) electrons. The van der Waals surface area contributed by atoms with Crippen LogP contribution in [0.15, 0.2) is 0 Å². The quantitative estimate of drug-likeness (QED) is 0.535. The van der Waals surface area contributed by atoms with Gasteiger partial charge >= 0.3 is 0 Å². The first kappa shape index (κ1) is 23.2. The van der Waals surface area contributed by atoms with Crippen molar-refractivity contribution in [1.29, 1.82) is 0 Å². The van der Waals surface area contributed by atoms with E-state index in [2.05, 4.69) is 72.9 Å². The highest BCUT2D eigenvalue weighted by Gasteiger charge is 2.37. The Hall–Kier alpha value is -0.0800. The topological polar surface area (TPSA) is 24.1 Å². The van der Waals surface area contributed by atoms with E-state index in [4.69, 9.17) is 0 Å². The van der Waals surface area contributed by atoms with Gasteiger partial charge in [-0.25, -0.2) is 0 Å². The van der Waals surface area contributed by atoms with Crippen LogP contribution in [0.2, 0.25) is 0 Å². The van der Waals surface area contributed by atoms with E-state index in [9.17, 15) is 0 Å². The molecule has 2 heterocycles. The number of hydrogen-bond acceptors (Lipinski definition) is 2. The summed E-state index contributed by atoms with van der Waals surface area (Å²) >= 11 is 0. The maximum absolute atomic E-state index is 3.90. The third-order valence-electron chi connectivity index (χ3n) is 7.55. The van der Waals surface area contributed by atoms with Crippen LogP contribution in [0.4, 0.5) is 0 Å². The molecule has 0 amide bonds. The minimum absolute atomic E-state index is 0.301. The highest BCUT2D eigenvalue weighted by Crippen LogP contribution is 2.38. The lowest BCUT2D eigenvalue weighted by atomic mass is 9.71. The van der Waals surface area contributed by atoms with Crippen LogP contribution >= 0.6 is 0 Å². The largest absolute Gasteiger partial charge is 0.309 e. The lowest BCUT2D eigenvalue weighted by Gasteiger charge is -2.45. The molecule has 2 rings (SSSR count). The second-order valence-electron chi connectivity index (χ2n) is 12.2. The van der Waals surface area contributed by atoms with Crippen molar-refractivity contribution in [2.75, 3.05) is 0 Å². The zero-order valence-electron chi connectivity index (χ0n) is 20.0. The molecule has 0 aromatic rings. The Labute approximate surface area is 171 Å². The number of rotatable bonds is 7. The van der Waals surface area contributed by atoms with Crippen molar-refractivity contribution in [1.82, 2.24) is 10.6 Å². The lowest BCUT2D eigenvalue weighted by Crippen LogP contribution is -2.55. The maximum atomic E-state index is 3.90. The van der Waals surface area contributed by atoms with Gasteiger partial charge in [0, 0.05) is 23.2 Å². The molecule has 5 atom stereocenters. The zero-order valence-corrected chi connectivity index (χ0v) is 20.0. The second kappa shape index (κ2) is 9.16. The van der Waals surface area contributed by atoms with Gasteiger partial charge in [0.1, 0.15) is 0 Å². The second-order valence-corrected chi connectivity index (χ2v) is 12.2. The van der Waals surface area contributed by atoms with E-state index in [-0.39, 0.29) is 0 Å². The molecule has 5 unspecified atom stereocenters. The Morgan fingerprint density at radius 1 is 0.778 bits per heavy atom. The molecule has 0 aliphatic carbocycles. The SMILES string of the molecule is CC(C)C1CC(CCCC(C)C2CC(C(C)C)NC(C)(C)C2)CC(C)(C)N1. The lowest BCUT2D eigenvalue weighted by molar-refractivity contribution is 0.110. The molecule has 0 saturated carbocycles. The fourth-order valence-electron chi connectivity index (χ4n) is 5.96. The molecule has 160 valence electrons. The van der Waals surface area contributed by atoms with Gasteiger partial charge in [0.05, 0.1) is 0 Å². The Bertz CT molecular complexity index is 451. The monoisotopic (exact) mass is 378 g/mol. The van der Waals surface area contributed by atoms with E-state index in [0.29, 0.717) is 23.2 Å². The van der Waals surface area contributed by atoms with Gasteiger partial charge in [0.15, 0.2) is 0 Å². The fourth-order valence-corrected chi connectivity index (χ4v) is 5.96. The highest BCUT2D eigenvalue weighted by atomic mass is 15.0. The molecule has 2 nitrogen and oxygen atoms in total. The summed E-state index contributed by atoms with van der Waals surface area (Å²) < 4.78 is 0. The third-order valence-corrected chi connectivity index (χ3v) is 7.55. The Balaban J connectivity index is 1.83. The predicted molar refractivity (Wildman–Crippen MR) is 120 cm³/mol. The molecule has 27 heavy (non-hydrogen) atoms. The third kappa shape index (κ3) is 7.03. The molecule has 2 aliphatic rings. The molecule has 2 heteroatoms. The molecular weight excluding hydrogens is 328 g/mol. The minimum atomic E-state index is 0.301. The highest BCUT2D eigenvalue weighted by molar-refractivity contribution is 4.95. The average Bonchev–Trinajstić information content (AvgIpc) is 2.51. The summed E-state index contributed by atoms with van der Waals surface area (Å²) in [6.45, 7) is 21.7. The van der Waals surface area contributed by atoms with E-state index in [0.717, 1.165) is 29.6 Å². The van der Waals surface area contributed by atoms with Crippen LogP contribution in [-0.2, 0) is 0 Å². The van der Waals surface area contributed by atoms with Crippen molar-refractivity contribution in [2.45, 2.75) is 130 Å². The predicted octanol–water partition coefficient (Wildman–Crippen LogP) is 6.40. The van der Waals surface area contributed by atoms with E-state index in [1.807, 2.05) is 0 Å². The summed E-state index contributed by atoms with van der Waals surface area (Å²) in [7, 11) is 0. The Morgan fingerprint density at radius 2 is 1.30 bits per heavy atom. The van der Waals surface area contributed by atoms with Crippen LogP contribution in [-0.4, -0.2) is 23.2 Å². The number of nitrogens with one attached hydrogen (secondary N) is 2. The van der Waals surface area contributed by atoms with E-state index < -0.39 is 0 Å². The number of hydrogen-bond donors (Lipinski definition) is 2. The molecule has 0 aromatic heterocycles. The Kier molecular flexibility index (Phi) is 7.87. The van der Waals surface area contributed by atoms with Gasteiger partial charge in [-0.3, -0.25) is 0 Å². The summed E-state index contributed by atoms with van der Waals surface area (Å²) in [5.41, 5.74) is 0.614. The van der Waals surface area contributed by atoms with Crippen molar-refractivity contribution in [3.05, 3.63) is 0 Å². The van der Waals surface area contributed by atoms with Crippen molar-refractivity contribution in [3.63, 3.8) is 0 Å². The van der Waals surface area contributed by atoms with Gasteiger partial charge in [-0.05, 0) is 83.0 Å². The van der Waals surface area contributed by atoms with Crippen LogP contribution in [0.5, 0.6) is 0 Å². The van der Waals surface area contributed by atoms with Gasteiger partial charge in [-0.1, -0.05) is 53.9 Å². The summed E-state index contributed by atoms with van der Waals surface area (Å²) in [6, 6.07) is 1.39. The first-order valence-electron chi connectivity index (χ1n) is 11.9. The van der Waals surface area contributed by atoms with E-state index in [1.165, 1.54) is 44.9 Å². The van der Waals surface area contributed by atoms with Crippen molar-refractivity contribution in [2.24, 2.45) is 29.6 Å². The molecular formula is C25H50N2. The van der Waals surface area contributed by atoms with Gasteiger partial charge in [0.25, 0.3) is 0 Å². The van der Waals surface area contributed by atoms with Crippen LogP contribution in [0.1, 0.15) is 107 Å². The van der Waals surface area contributed by atoms with Crippen molar-refractivity contribution >= 4 is 0 Å². The molecule has 0 aromatic carbocycles. The van der Waals surface area contributed by atoms with Crippen LogP contribution in [0, 0.1) is 29.6 Å². The van der Waals surface area contributed by atoms with Crippen LogP contribution < -0.4 is 10.6 Å². The first-order chi connectivity index (χ1) is 12.4. The molecule has 2 fully saturated rings. The molecule has 0 spiro atoms. The normalized spacial score (nSPS) is 34.8. The van der Waals surface area contributed by atoms with Crippen LogP contribution in [0.25, 0.3) is 0 Å². The summed E-state index contributed by atoms with van der Waals surface area (Å²) in [5, 5.41) is 7.79. The number of piperidine rings is 2. The van der Waals surface area contributed by atoms with E-state index >= 15 is 0 Å². The Morgan fingerprint density at radius 3 is 1.85 bits per heavy atom. The molecule has 2 aliphatic heterocycles. The smallest absolute Gasteiger partial charge is 0.0130 e. The standard InChI is InChI=1S/C25H50N2/c1-17(2)22-13-20(15-24(6,7)26-22)12-10-11-19(5)21-14-23(18(3)4)27-25(8,9)16-21/h17-23,26-27H,10-16H2,1-9H3. The molecule has 0 bridgehead atoms. The fraction of sp³-hybridized carbons (Fsp3) is 1.00. The van der Waals surface area contributed by atoms with Crippen LogP contribution in [0.3, 0.4) is 0 Å². The first-order valence-corrected chi connectivity index (χ1v) is 11.9. The van der Waals surface area contributed by atoms with E-state index in [1.54, 1.807) is 0 Å². The molecule has 2 N–H and O–H groups in total. The maximum Gasteiger partial charge on any atom is 0.0130 e. The zero-order chi connectivity index (χ0) is 20.4. The van der Waals surface area contributed by atoms with Gasteiger partial charge in [-0.2, -0.15) is 0 Å². The summed E-state index contributed by atoms with van der Waals surface area (Å²) in [6.07, 6.45) is 9.71. The summed E-state index contributed by atoms with van der Waals surface area (Å²) in [4.78, 5) is 0. The molecule has 2 saturated heterocycles. The van der Waals surface area contributed by atoms with Gasteiger partial charge in [-0.15, -0.1) is 0 Å². The minimum Gasteiger partial charge on any atom is -0.309 e. The average molecular weight is 379 g/mol. The van der Waals surface area contributed by atoms with Gasteiger partial charge < -0.3 is 10.6 Å². The van der Waals surface area contributed by atoms with Gasteiger partial charge in [0.2, 0.25) is 0 Å². The summed E-state index contributed by atoms with van der Waals surface area (Å²) in [5.74, 6) is 4.15.